The molecule has 2 atom stereocenters. The molecule has 2 aliphatic rings. The van der Waals surface area contributed by atoms with E-state index >= 15 is 0 Å². The van der Waals surface area contributed by atoms with Crippen LogP contribution in [-0.4, -0.2) is 81.7 Å². The number of benzene rings is 2. The summed E-state index contributed by atoms with van der Waals surface area (Å²) < 4.78 is 17.5. The average molecular weight is 755 g/mol. The van der Waals surface area contributed by atoms with Crippen LogP contribution in [0.3, 0.4) is 0 Å². The van der Waals surface area contributed by atoms with E-state index in [2.05, 4.69) is 36.1 Å². The number of pyridine rings is 1. The third kappa shape index (κ3) is 10.2. The minimum Gasteiger partial charge on any atom is -0.485 e. The predicted octanol–water partition coefficient (Wildman–Crippen LogP) is 3.64. The summed E-state index contributed by atoms with van der Waals surface area (Å²) in [6.07, 6.45) is 0.959. The molecule has 4 amide bonds. The molecule has 0 radical (unpaired) electrons. The van der Waals surface area contributed by atoms with E-state index < -0.39 is 41.3 Å². The number of carbonyl (C=O) groups is 4. The standard InChI is InChI=1S/C38H42N8O7S/c1-38(2,3)53-37(50)45-36-43-28(22-54-36)31(39)34(48)44-32-27(42-35(32)49)15-41-33(47)25-17-46(18-25)19-26-14-29(51-20-23-10-6-4-7-11-23)30(16-40-26)52-21-24-12-8-5-9-13-24/h4-14,16,22,25,27,32,39H,15,17-21H2,1-3H3,(H,41,47)(H,42,49)(H,44,48)(H,43,45,50). The molecular weight excluding hydrogens is 713 g/mol. The van der Waals surface area contributed by atoms with E-state index in [9.17, 15) is 19.2 Å². The van der Waals surface area contributed by atoms with Crippen molar-refractivity contribution in [2.24, 2.45) is 5.92 Å². The number of hydrogen-bond donors (Lipinski definition) is 5. The van der Waals surface area contributed by atoms with E-state index in [0.29, 0.717) is 44.3 Å². The Morgan fingerprint density at radius 2 is 1.63 bits per heavy atom. The van der Waals surface area contributed by atoms with E-state index in [-0.39, 0.29) is 29.2 Å². The first-order valence-corrected chi connectivity index (χ1v) is 18.3. The molecule has 2 aromatic carbocycles. The second-order valence-electron chi connectivity index (χ2n) is 13.9. The van der Waals surface area contributed by atoms with Crippen molar-refractivity contribution in [3.05, 3.63) is 101 Å². The number of rotatable bonds is 15. The fraction of sp³-hybridized carbons (Fsp3) is 0.342. The highest BCUT2D eigenvalue weighted by molar-refractivity contribution is 7.14. The SMILES string of the molecule is CC(C)(C)OC(=O)Nc1nc(C(=N)C(=O)NC2C(=O)NC2CNC(=O)C2CN(Cc3cc(OCc4ccccc4)c(OCc4ccccc4)cn3)C2)cs1. The molecule has 4 heterocycles. The first-order chi connectivity index (χ1) is 25.9. The maximum Gasteiger partial charge on any atom is 0.413 e. The number of hydrogen-bond acceptors (Lipinski definition) is 12. The molecule has 15 nitrogen and oxygen atoms in total. The normalized spacial score (nSPS) is 16.9. The first kappa shape index (κ1) is 37.9. The zero-order valence-electron chi connectivity index (χ0n) is 30.1. The van der Waals surface area contributed by atoms with Crippen LogP contribution in [0.15, 0.2) is 78.3 Å². The van der Waals surface area contributed by atoms with Gasteiger partial charge in [-0.3, -0.25) is 35.0 Å². The fourth-order valence-corrected chi connectivity index (χ4v) is 6.32. The lowest BCUT2D eigenvalue weighted by atomic mass is 9.96. The highest BCUT2D eigenvalue weighted by atomic mass is 32.1. The maximum atomic E-state index is 13.0. The monoisotopic (exact) mass is 754 g/mol. The summed E-state index contributed by atoms with van der Waals surface area (Å²) in [4.78, 5) is 60.9. The van der Waals surface area contributed by atoms with Gasteiger partial charge in [0.15, 0.2) is 16.6 Å². The molecule has 0 saturated carbocycles. The summed E-state index contributed by atoms with van der Waals surface area (Å²) in [5.74, 6) is -0.529. The van der Waals surface area contributed by atoms with Gasteiger partial charge >= 0.3 is 6.09 Å². The van der Waals surface area contributed by atoms with E-state index in [4.69, 9.17) is 19.6 Å². The maximum absolute atomic E-state index is 13.0. The number of carbonyl (C=O) groups excluding carboxylic acids is 4. The van der Waals surface area contributed by atoms with Gasteiger partial charge in [-0.05, 0) is 31.9 Å². The zero-order chi connectivity index (χ0) is 38.2. The van der Waals surface area contributed by atoms with Crippen molar-refractivity contribution in [3.8, 4) is 11.5 Å². The van der Waals surface area contributed by atoms with Gasteiger partial charge in [0.25, 0.3) is 5.91 Å². The molecule has 0 aliphatic carbocycles. The molecule has 6 rings (SSSR count). The van der Waals surface area contributed by atoms with Gasteiger partial charge in [-0.2, -0.15) is 0 Å². The topological polar surface area (TPSA) is 197 Å². The summed E-state index contributed by atoms with van der Waals surface area (Å²) in [6, 6.07) is 20.1. The Morgan fingerprint density at radius 1 is 0.981 bits per heavy atom. The smallest absolute Gasteiger partial charge is 0.413 e. The molecule has 16 heteroatoms. The molecular formula is C38H42N8O7S. The van der Waals surface area contributed by atoms with Crippen molar-refractivity contribution in [1.82, 2.24) is 30.8 Å². The second-order valence-corrected chi connectivity index (χ2v) is 14.8. The third-order valence-electron chi connectivity index (χ3n) is 8.47. The molecule has 2 unspecified atom stereocenters. The van der Waals surface area contributed by atoms with Crippen molar-refractivity contribution in [2.75, 3.05) is 25.0 Å². The van der Waals surface area contributed by atoms with Crippen LogP contribution >= 0.6 is 11.3 Å². The minimum atomic E-state index is -0.932. The van der Waals surface area contributed by atoms with Crippen LogP contribution < -0.4 is 30.7 Å². The summed E-state index contributed by atoms with van der Waals surface area (Å²) in [5, 5.41) is 20.4. The number of thiazole rings is 1. The van der Waals surface area contributed by atoms with Gasteiger partial charge in [-0.1, -0.05) is 60.7 Å². The number of ether oxygens (including phenoxy) is 3. The molecule has 0 bridgehead atoms. The largest absolute Gasteiger partial charge is 0.485 e. The van der Waals surface area contributed by atoms with Crippen LogP contribution in [0.25, 0.3) is 0 Å². The molecule has 282 valence electrons. The molecule has 0 spiro atoms. The summed E-state index contributed by atoms with van der Waals surface area (Å²) in [7, 11) is 0. The lowest BCUT2D eigenvalue weighted by Crippen LogP contribution is -2.72. The average Bonchev–Trinajstić information content (AvgIpc) is 3.59. The van der Waals surface area contributed by atoms with Crippen molar-refractivity contribution in [3.63, 3.8) is 0 Å². The number of aromatic nitrogens is 2. The first-order valence-electron chi connectivity index (χ1n) is 17.4. The lowest BCUT2D eigenvalue weighted by Gasteiger charge is -2.40. The predicted molar refractivity (Wildman–Crippen MR) is 200 cm³/mol. The highest BCUT2D eigenvalue weighted by Crippen LogP contribution is 2.30. The molecule has 54 heavy (non-hydrogen) atoms. The van der Waals surface area contributed by atoms with Crippen LogP contribution in [0.4, 0.5) is 9.93 Å². The van der Waals surface area contributed by atoms with Crippen molar-refractivity contribution < 1.29 is 33.4 Å². The Kier molecular flexibility index (Phi) is 11.8. The van der Waals surface area contributed by atoms with E-state index in [0.717, 1.165) is 28.2 Å². The van der Waals surface area contributed by atoms with Gasteiger partial charge in [-0.15, -0.1) is 11.3 Å². The Bertz CT molecular complexity index is 1980. The van der Waals surface area contributed by atoms with Gasteiger partial charge in [0.2, 0.25) is 11.8 Å². The van der Waals surface area contributed by atoms with Crippen LogP contribution in [-0.2, 0) is 38.9 Å². The van der Waals surface area contributed by atoms with Crippen molar-refractivity contribution in [2.45, 2.75) is 58.2 Å². The Labute approximate surface area is 316 Å². The van der Waals surface area contributed by atoms with Gasteiger partial charge in [0.1, 0.15) is 36.3 Å². The van der Waals surface area contributed by atoms with Gasteiger partial charge in [0.05, 0.1) is 23.9 Å². The summed E-state index contributed by atoms with van der Waals surface area (Å²) in [6.45, 7) is 7.57. The van der Waals surface area contributed by atoms with Crippen LogP contribution in [0, 0.1) is 11.3 Å². The second kappa shape index (κ2) is 16.9. The Hall–Kier alpha value is -5.87. The number of anilines is 1. The lowest BCUT2D eigenvalue weighted by molar-refractivity contribution is -0.136. The zero-order valence-corrected chi connectivity index (χ0v) is 30.9. The number of likely N-dealkylation sites (tertiary alicyclic amines) is 1. The van der Waals surface area contributed by atoms with E-state index in [1.54, 1.807) is 27.0 Å². The number of nitrogens with one attached hydrogen (secondary N) is 5. The van der Waals surface area contributed by atoms with Crippen LogP contribution in [0.5, 0.6) is 11.5 Å². The van der Waals surface area contributed by atoms with Crippen LogP contribution in [0.1, 0.15) is 43.3 Å². The molecule has 2 saturated heterocycles. The highest BCUT2D eigenvalue weighted by Gasteiger charge is 2.42. The van der Waals surface area contributed by atoms with Gasteiger partial charge in [-0.25, -0.2) is 9.78 Å². The number of β-lactam (4-membered cyclic amide) rings is 1. The van der Waals surface area contributed by atoms with Gasteiger partial charge in [0, 0.05) is 37.6 Å². The number of amides is 4. The van der Waals surface area contributed by atoms with E-state index in [1.807, 2.05) is 66.7 Å². The van der Waals surface area contributed by atoms with E-state index in [1.165, 1.54) is 5.38 Å². The molecule has 2 aliphatic heterocycles. The Balaban J connectivity index is 0.953. The fourth-order valence-electron chi connectivity index (χ4n) is 5.64. The number of nitrogens with zero attached hydrogens (tertiary/aromatic N) is 3. The minimum absolute atomic E-state index is 0.0288. The summed E-state index contributed by atoms with van der Waals surface area (Å²) in [5.41, 5.74) is 1.68. The third-order valence-corrected chi connectivity index (χ3v) is 9.22. The molecule has 5 N–H and O–H groups in total. The Morgan fingerprint density at radius 3 is 2.26 bits per heavy atom. The van der Waals surface area contributed by atoms with Gasteiger partial charge < -0.3 is 30.2 Å². The van der Waals surface area contributed by atoms with Crippen molar-refractivity contribution >= 4 is 46.0 Å². The molecule has 4 aromatic rings. The quantitative estimate of drug-likeness (QED) is 0.0883. The summed E-state index contributed by atoms with van der Waals surface area (Å²) >= 11 is 1.03. The molecule has 2 fully saturated rings. The van der Waals surface area contributed by atoms with Crippen LogP contribution in [0.2, 0.25) is 0 Å². The van der Waals surface area contributed by atoms with Crippen molar-refractivity contribution in [1.29, 1.82) is 5.41 Å². The molecule has 2 aromatic heterocycles.